The Labute approximate surface area is 108 Å². The van der Waals surface area contributed by atoms with E-state index in [0.717, 1.165) is 5.82 Å². The molecule has 0 spiro atoms. The van der Waals surface area contributed by atoms with Gasteiger partial charge in [-0.25, -0.2) is 0 Å². The number of pyridine rings is 1. The predicted molar refractivity (Wildman–Crippen MR) is 73.9 cm³/mol. The van der Waals surface area contributed by atoms with Gasteiger partial charge in [0.1, 0.15) is 5.82 Å². The fourth-order valence-corrected chi connectivity index (χ4v) is 1.77. The van der Waals surface area contributed by atoms with Gasteiger partial charge in [-0.3, -0.25) is 0 Å². The molecule has 1 aromatic carbocycles. The van der Waals surface area contributed by atoms with Crippen molar-refractivity contribution in [3.63, 3.8) is 0 Å². The van der Waals surface area contributed by atoms with Crippen LogP contribution in [0.5, 0.6) is 5.88 Å². The fraction of sp³-hybridized carbons (Fsp3) is 0.267. The molecule has 0 bridgehead atoms. The lowest BCUT2D eigenvalue weighted by atomic mass is 10.1. The predicted octanol–water partition coefficient (Wildman–Crippen LogP) is 3.65. The van der Waals surface area contributed by atoms with Gasteiger partial charge in [-0.2, -0.15) is 4.98 Å². The van der Waals surface area contributed by atoms with Crippen LogP contribution < -0.4 is 10.1 Å². The number of hydrogen-bond acceptors (Lipinski definition) is 3. The van der Waals surface area contributed by atoms with Crippen LogP contribution in [-0.4, -0.2) is 11.6 Å². The first-order chi connectivity index (χ1) is 8.79. The van der Waals surface area contributed by atoms with E-state index < -0.39 is 0 Å². The molecule has 0 fully saturated rings. The smallest absolute Gasteiger partial charge is 0.215 e. The van der Waals surface area contributed by atoms with E-state index in [1.54, 1.807) is 0 Å². The zero-order chi connectivity index (χ0) is 12.8. The molecule has 1 N–H and O–H groups in total. The van der Waals surface area contributed by atoms with Crippen LogP contribution in [-0.2, 0) is 0 Å². The minimum absolute atomic E-state index is 0.218. The molecule has 94 valence electrons. The van der Waals surface area contributed by atoms with Crippen molar-refractivity contribution in [1.82, 2.24) is 4.98 Å². The maximum Gasteiger partial charge on any atom is 0.215 e. The maximum absolute atomic E-state index is 5.38. The summed E-state index contributed by atoms with van der Waals surface area (Å²) in [6.45, 7) is 4.70. The van der Waals surface area contributed by atoms with Crippen LogP contribution in [0.25, 0.3) is 0 Å². The summed E-state index contributed by atoms with van der Waals surface area (Å²) in [5.41, 5.74) is 1.24. The summed E-state index contributed by atoms with van der Waals surface area (Å²) >= 11 is 0. The minimum Gasteiger partial charge on any atom is -0.478 e. The van der Waals surface area contributed by atoms with E-state index in [2.05, 4.69) is 29.4 Å². The second-order valence-electron chi connectivity index (χ2n) is 4.07. The first kappa shape index (κ1) is 12.4. The van der Waals surface area contributed by atoms with Gasteiger partial charge in [-0.05, 0) is 25.5 Å². The highest BCUT2D eigenvalue weighted by molar-refractivity contribution is 5.40. The minimum atomic E-state index is 0.218. The number of rotatable bonds is 5. The molecule has 18 heavy (non-hydrogen) atoms. The maximum atomic E-state index is 5.38. The van der Waals surface area contributed by atoms with Gasteiger partial charge in [0.05, 0.1) is 6.61 Å². The van der Waals surface area contributed by atoms with Gasteiger partial charge >= 0.3 is 0 Å². The van der Waals surface area contributed by atoms with E-state index in [9.17, 15) is 0 Å². The summed E-state index contributed by atoms with van der Waals surface area (Å²) in [5, 5.41) is 3.37. The molecule has 1 unspecified atom stereocenters. The van der Waals surface area contributed by atoms with E-state index in [0.29, 0.717) is 12.5 Å². The van der Waals surface area contributed by atoms with Crippen molar-refractivity contribution in [3.8, 4) is 5.88 Å². The number of anilines is 1. The zero-order valence-electron chi connectivity index (χ0n) is 10.8. The zero-order valence-corrected chi connectivity index (χ0v) is 10.8. The van der Waals surface area contributed by atoms with Crippen molar-refractivity contribution in [1.29, 1.82) is 0 Å². The monoisotopic (exact) mass is 242 g/mol. The first-order valence-electron chi connectivity index (χ1n) is 6.21. The average Bonchev–Trinajstić information content (AvgIpc) is 2.40. The molecule has 0 saturated heterocycles. The van der Waals surface area contributed by atoms with E-state index in [4.69, 9.17) is 4.74 Å². The quantitative estimate of drug-likeness (QED) is 0.869. The van der Waals surface area contributed by atoms with Crippen molar-refractivity contribution in [2.75, 3.05) is 11.9 Å². The molecular formula is C15H18N2O. The van der Waals surface area contributed by atoms with Gasteiger partial charge in [-0.15, -0.1) is 0 Å². The summed E-state index contributed by atoms with van der Waals surface area (Å²) < 4.78 is 5.38. The van der Waals surface area contributed by atoms with Crippen molar-refractivity contribution in [2.24, 2.45) is 0 Å². The largest absolute Gasteiger partial charge is 0.478 e. The summed E-state index contributed by atoms with van der Waals surface area (Å²) in [5.74, 6) is 1.49. The summed E-state index contributed by atoms with van der Waals surface area (Å²) in [6, 6.07) is 16.3. The Hall–Kier alpha value is -2.03. The standard InChI is InChI=1S/C15H18N2O/c1-3-18-15-11-7-10-14(17-15)16-12(2)13-8-5-4-6-9-13/h4-12H,3H2,1-2H3,(H,16,17). The molecule has 1 heterocycles. The molecule has 3 nitrogen and oxygen atoms in total. The van der Waals surface area contributed by atoms with E-state index in [1.807, 2.05) is 43.3 Å². The Kier molecular flexibility index (Phi) is 4.18. The number of nitrogens with one attached hydrogen (secondary N) is 1. The van der Waals surface area contributed by atoms with Crippen molar-refractivity contribution >= 4 is 5.82 Å². The fourth-order valence-electron chi connectivity index (χ4n) is 1.77. The third kappa shape index (κ3) is 3.23. The summed E-state index contributed by atoms with van der Waals surface area (Å²) in [6.07, 6.45) is 0. The van der Waals surface area contributed by atoms with Crippen molar-refractivity contribution < 1.29 is 4.74 Å². The molecule has 0 aliphatic rings. The number of benzene rings is 1. The van der Waals surface area contributed by atoms with Crippen LogP contribution in [0.2, 0.25) is 0 Å². The van der Waals surface area contributed by atoms with Gasteiger partial charge in [0.2, 0.25) is 5.88 Å². The normalized spacial score (nSPS) is 11.9. The van der Waals surface area contributed by atoms with Gasteiger partial charge in [0.15, 0.2) is 0 Å². The molecule has 0 amide bonds. The summed E-state index contributed by atoms with van der Waals surface area (Å²) in [7, 11) is 0. The van der Waals surface area contributed by atoms with Crippen molar-refractivity contribution in [3.05, 3.63) is 54.1 Å². The topological polar surface area (TPSA) is 34.1 Å². The molecule has 0 saturated carbocycles. The van der Waals surface area contributed by atoms with Crippen LogP contribution in [0.1, 0.15) is 25.5 Å². The van der Waals surface area contributed by atoms with E-state index in [1.165, 1.54) is 5.56 Å². The van der Waals surface area contributed by atoms with Gasteiger partial charge in [0.25, 0.3) is 0 Å². The van der Waals surface area contributed by atoms with Crippen LogP contribution in [0.4, 0.5) is 5.82 Å². The van der Waals surface area contributed by atoms with Crippen LogP contribution in [0.3, 0.4) is 0 Å². The molecule has 2 rings (SSSR count). The Morgan fingerprint density at radius 2 is 1.89 bits per heavy atom. The molecule has 2 aromatic rings. The molecular weight excluding hydrogens is 224 g/mol. The lowest BCUT2D eigenvalue weighted by molar-refractivity contribution is 0.327. The third-order valence-corrected chi connectivity index (χ3v) is 2.68. The molecule has 3 heteroatoms. The Morgan fingerprint density at radius 1 is 1.11 bits per heavy atom. The lowest BCUT2D eigenvalue weighted by Crippen LogP contribution is -2.08. The average molecular weight is 242 g/mol. The number of hydrogen-bond donors (Lipinski definition) is 1. The number of ether oxygens (including phenoxy) is 1. The first-order valence-corrected chi connectivity index (χ1v) is 6.21. The van der Waals surface area contributed by atoms with Crippen molar-refractivity contribution in [2.45, 2.75) is 19.9 Å². The Balaban J connectivity index is 2.07. The van der Waals surface area contributed by atoms with E-state index >= 15 is 0 Å². The van der Waals surface area contributed by atoms with Gasteiger partial charge in [0, 0.05) is 12.1 Å². The van der Waals surface area contributed by atoms with E-state index in [-0.39, 0.29) is 6.04 Å². The van der Waals surface area contributed by atoms with Gasteiger partial charge in [-0.1, -0.05) is 36.4 Å². The highest BCUT2D eigenvalue weighted by Gasteiger charge is 2.05. The third-order valence-electron chi connectivity index (χ3n) is 2.68. The Bertz CT molecular complexity index is 485. The van der Waals surface area contributed by atoms with Crippen LogP contribution >= 0.6 is 0 Å². The highest BCUT2D eigenvalue weighted by atomic mass is 16.5. The molecule has 0 aliphatic heterocycles. The van der Waals surface area contributed by atoms with Crippen LogP contribution in [0.15, 0.2) is 48.5 Å². The van der Waals surface area contributed by atoms with Gasteiger partial charge < -0.3 is 10.1 Å². The molecule has 1 aromatic heterocycles. The number of aromatic nitrogens is 1. The second-order valence-corrected chi connectivity index (χ2v) is 4.07. The molecule has 0 radical (unpaired) electrons. The van der Waals surface area contributed by atoms with Crippen LogP contribution in [0, 0.1) is 0 Å². The molecule has 0 aliphatic carbocycles. The Morgan fingerprint density at radius 3 is 2.61 bits per heavy atom. The second kappa shape index (κ2) is 6.05. The lowest BCUT2D eigenvalue weighted by Gasteiger charge is -2.15. The molecule has 1 atom stereocenters. The number of nitrogens with zero attached hydrogens (tertiary/aromatic N) is 1. The summed E-state index contributed by atoms with van der Waals surface area (Å²) in [4.78, 5) is 4.39. The SMILES string of the molecule is CCOc1cccc(NC(C)c2ccccc2)n1. The highest BCUT2D eigenvalue weighted by Crippen LogP contribution is 2.19.